The molecule has 0 radical (unpaired) electrons. The van der Waals surface area contributed by atoms with Gasteiger partial charge in [-0.2, -0.15) is 5.10 Å². The first-order valence-corrected chi connectivity index (χ1v) is 4.49. The van der Waals surface area contributed by atoms with Crippen LogP contribution in [0, 0.1) is 6.92 Å². The largest absolute Gasteiger partial charge is 0.235 e. The molecule has 2 heterocycles. The van der Waals surface area contributed by atoms with Crippen molar-refractivity contribution < 1.29 is 0 Å². The Bertz CT molecular complexity index is 429. The molecule has 2 rings (SSSR count). The third-order valence-corrected chi connectivity index (χ3v) is 2.15. The summed E-state index contributed by atoms with van der Waals surface area (Å²) in [5.41, 5.74) is 3.25. The summed E-state index contributed by atoms with van der Waals surface area (Å²) in [7, 11) is 0. The zero-order chi connectivity index (χ0) is 9.42. The van der Waals surface area contributed by atoms with E-state index >= 15 is 0 Å². The first-order chi connectivity index (χ1) is 6.18. The maximum absolute atomic E-state index is 4.45. The summed E-state index contributed by atoms with van der Waals surface area (Å²) in [6.45, 7) is 6.35. The van der Waals surface area contributed by atoms with Crippen LogP contribution in [0.1, 0.15) is 31.0 Å². The van der Waals surface area contributed by atoms with Gasteiger partial charge in [0.05, 0.1) is 5.69 Å². The lowest BCUT2D eigenvalue weighted by Gasteiger charge is -2.06. The first-order valence-electron chi connectivity index (χ1n) is 4.49. The van der Waals surface area contributed by atoms with Crippen molar-refractivity contribution in [2.75, 3.05) is 0 Å². The quantitative estimate of drug-likeness (QED) is 0.664. The summed E-state index contributed by atoms with van der Waals surface area (Å²) in [6.07, 6.45) is 3.66. The van der Waals surface area contributed by atoms with Crippen LogP contribution in [0.4, 0.5) is 0 Å². The average Bonchev–Trinajstić information content (AvgIpc) is 2.51. The van der Waals surface area contributed by atoms with Crippen LogP contribution in [-0.2, 0) is 0 Å². The number of hydrogen-bond donors (Lipinski definition) is 0. The molecule has 0 atom stereocenters. The molecule has 0 fully saturated rings. The van der Waals surface area contributed by atoms with E-state index < -0.39 is 0 Å². The SMILES string of the molecule is Cc1cc(C(C)C)nn2ccnc12. The van der Waals surface area contributed by atoms with Gasteiger partial charge < -0.3 is 0 Å². The van der Waals surface area contributed by atoms with Crippen molar-refractivity contribution in [2.45, 2.75) is 26.7 Å². The predicted octanol–water partition coefficient (Wildman–Crippen LogP) is 2.16. The molecule has 0 saturated carbocycles. The molecular formula is C10H13N3. The van der Waals surface area contributed by atoms with E-state index in [1.54, 1.807) is 6.20 Å². The van der Waals surface area contributed by atoms with Gasteiger partial charge in [0.25, 0.3) is 0 Å². The fourth-order valence-corrected chi connectivity index (χ4v) is 1.38. The number of imidazole rings is 1. The van der Waals surface area contributed by atoms with Crippen molar-refractivity contribution in [2.24, 2.45) is 0 Å². The zero-order valence-electron chi connectivity index (χ0n) is 8.15. The molecule has 0 amide bonds. The Kier molecular flexibility index (Phi) is 1.79. The van der Waals surface area contributed by atoms with Crippen molar-refractivity contribution in [3.63, 3.8) is 0 Å². The first kappa shape index (κ1) is 8.23. The molecule has 2 aromatic rings. The molecule has 0 N–H and O–H groups in total. The third-order valence-electron chi connectivity index (χ3n) is 2.15. The topological polar surface area (TPSA) is 30.2 Å². The Balaban J connectivity index is 2.70. The van der Waals surface area contributed by atoms with E-state index in [1.165, 1.54) is 5.56 Å². The number of nitrogens with zero attached hydrogens (tertiary/aromatic N) is 3. The van der Waals surface area contributed by atoms with Crippen molar-refractivity contribution in [3.8, 4) is 0 Å². The van der Waals surface area contributed by atoms with Gasteiger partial charge in [0.15, 0.2) is 5.65 Å². The number of aryl methyl sites for hydroxylation is 1. The highest BCUT2D eigenvalue weighted by Crippen LogP contribution is 2.14. The predicted molar refractivity (Wildman–Crippen MR) is 51.8 cm³/mol. The summed E-state index contributed by atoms with van der Waals surface area (Å²) >= 11 is 0. The van der Waals surface area contributed by atoms with Gasteiger partial charge in [-0.25, -0.2) is 9.50 Å². The summed E-state index contributed by atoms with van der Waals surface area (Å²) in [4.78, 5) is 4.22. The summed E-state index contributed by atoms with van der Waals surface area (Å²) < 4.78 is 1.84. The van der Waals surface area contributed by atoms with Crippen LogP contribution >= 0.6 is 0 Å². The Labute approximate surface area is 77.4 Å². The Hall–Kier alpha value is -1.38. The minimum absolute atomic E-state index is 0.463. The molecule has 13 heavy (non-hydrogen) atoms. The van der Waals surface area contributed by atoms with Crippen LogP contribution in [0.25, 0.3) is 5.65 Å². The monoisotopic (exact) mass is 175 g/mol. The fourth-order valence-electron chi connectivity index (χ4n) is 1.38. The Morgan fingerprint density at radius 1 is 1.38 bits per heavy atom. The van der Waals surface area contributed by atoms with Gasteiger partial charge in [-0.1, -0.05) is 13.8 Å². The maximum Gasteiger partial charge on any atom is 0.156 e. The molecule has 0 aromatic carbocycles. The lowest BCUT2D eigenvalue weighted by Crippen LogP contribution is -2.00. The highest BCUT2D eigenvalue weighted by Gasteiger charge is 2.05. The van der Waals surface area contributed by atoms with E-state index in [9.17, 15) is 0 Å². The minimum atomic E-state index is 0.463. The van der Waals surface area contributed by atoms with Gasteiger partial charge in [-0.15, -0.1) is 0 Å². The molecule has 3 nitrogen and oxygen atoms in total. The van der Waals surface area contributed by atoms with Crippen molar-refractivity contribution in [3.05, 3.63) is 29.7 Å². The number of hydrogen-bond acceptors (Lipinski definition) is 2. The van der Waals surface area contributed by atoms with Gasteiger partial charge in [-0.05, 0) is 24.5 Å². The average molecular weight is 175 g/mol. The van der Waals surface area contributed by atoms with E-state index in [4.69, 9.17) is 0 Å². The molecule has 0 spiro atoms. The van der Waals surface area contributed by atoms with Crippen molar-refractivity contribution in [1.29, 1.82) is 0 Å². The minimum Gasteiger partial charge on any atom is -0.235 e. The van der Waals surface area contributed by atoms with Gasteiger partial charge in [-0.3, -0.25) is 0 Å². The van der Waals surface area contributed by atoms with Crippen LogP contribution in [0.2, 0.25) is 0 Å². The van der Waals surface area contributed by atoms with E-state index in [0.29, 0.717) is 5.92 Å². The van der Waals surface area contributed by atoms with Crippen LogP contribution in [0.3, 0.4) is 0 Å². The Morgan fingerprint density at radius 3 is 2.85 bits per heavy atom. The van der Waals surface area contributed by atoms with E-state index in [1.807, 2.05) is 10.7 Å². The van der Waals surface area contributed by atoms with E-state index in [0.717, 1.165) is 11.3 Å². The molecule has 0 aliphatic rings. The van der Waals surface area contributed by atoms with Gasteiger partial charge >= 0.3 is 0 Å². The molecule has 0 unspecified atom stereocenters. The second kappa shape index (κ2) is 2.83. The molecule has 0 aliphatic carbocycles. The number of aromatic nitrogens is 3. The van der Waals surface area contributed by atoms with Crippen molar-refractivity contribution in [1.82, 2.24) is 14.6 Å². The molecular weight excluding hydrogens is 162 g/mol. The second-order valence-corrected chi connectivity index (χ2v) is 3.60. The van der Waals surface area contributed by atoms with Crippen LogP contribution in [0.15, 0.2) is 18.5 Å². The molecule has 0 bridgehead atoms. The van der Waals surface area contributed by atoms with Crippen LogP contribution in [0.5, 0.6) is 0 Å². The maximum atomic E-state index is 4.45. The lowest BCUT2D eigenvalue weighted by atomic mass is 10.1. The highest BCUT2D eigenvalue weighted by molar-refractivity contribution is 5.46. The molecule has 0 saturated heterocycles. The number of rotatable bonds is 1. The smallest absolute Gasteiger partial charge is 0.156 e. The van der Waals surface area contributed by atoms with Crippen molar-refractivity contribution >= 4 is 5.65 Å². The molecule has 3 heteroatoms. The summed E-state index contributed by atoms with van der Waals surface area (Å²) in [5, 5.41) is 4.45. The summed E-state index contributed by atoms with van der Waals surface area (Å²) in [6, 6.07) is 2.10. The van der Waals surface area contributed by atoms with E-state index in [2.05, 4.69) is 36.9 Å². The van der Waals surface area contributed by atoms with Crippen LogP contribution in [-0.4, -0.2) is 14.6 Å². The molecule has 68 valence electrons. The fraction of sp³-hybridized carbons (Fsp3) is 0.400. The molecule has 0 aliphatic heterocycles. The Morgan fingerprint density at radius 2 is 2.15 bits per heavy atom. The van der Waals surface area contributed by atoms with Gasteiger partial charge in [0.1, 0.15) is 0 Å². The van der Waals surface area contributed by atoms with Crippen LogP contribution < -0.4 is 0 Å². The lowest BCUT2D eigenvalue weighted by molar-refractivity contribution is 0.760. The standard InChI is InChI=1S/C10H13N3/c1-7(2)9-6-8(3)10-11-4-5-13(10)12-9/h4-7H,1-3H3. The van der Waals surface area contributed by atoms with Gasteiger partial charge in [0.2, 0.25) is 0 Å². The van der Waals surface area contributed by atoms with E-state index in [-0.39, 0.29) is 0 Å². The zero-order valence-corrected chi connectivity index (χ0v) is 8.15. The third kappa shape index (κ3) is 1.30. The summed E-state index contributed by atoms with van der Waals surface area (Å²) in [5.74, 6) is 0.463. The van der Waals surface area contributed by atoms with Gasteiger partial charge in [0, 0.05) is 12.4 Å². The highest BCUT2D eigenvalue weighted by atomic mass is 15.2. The normalized spacial score (nSPS) is 11.4. The second-order valence-electron chi connectivity index (χ2n) is 3.60. The number of fused-ring (bicyclic) bond motifs is 1. The molecule has 2 aromatic heterocycles.